The molecule has 0 aliphatic carbocycles. The van der Waals surface area contributed by atoms with E-state index in [2.05, 4.69) is 21.5 Å². The molecule has 1 aromatic heterocycles. The second-order valence-corrected chi connectivity index (χ2v) is 9.62. The van der Waals surface area contributed by atoms with Gasteiger partial charge in [0.15, 0.2) is 0 Å². The zero-order chi connectivity index (χ0) is 29.6. The van der Waals surface area contributed by atoms with Crippen molar-refractivity contribution < 1.29 is 23.6 Å². The number of aromatic nitrogens is 2. The number of nitriles is 1. The zero-order valence-electron chi connectivity index (χ0n) is 23.2. The number of rotatable bonds is 15. The average Bonchev–Trinajstić information content (AvgIpc) is 3.49. The number of hydrogen-bond acceptors (Lipinski definition) is 9. The van der Waals surface area contributed by atoms with Crippen molar-refractivity contribution in [3.63, 3.8) is 0 Å². The minimum Gasteiger partial charge on any atom is -0.492 e. The molecule has 4 rings (SSSR count). The number of carbonyl (C=O) groups is 2. The number of alkyl carbamates (subject to hydrolysis) is 1. The van der Waals surface area contributed by atoms with E-state index in [0.29, 0.717) is 43.7 Å². The van der Waals surface area contributed by atoms with Gasteiger partial charge in [-0.2, -0.15) is 10.2 Å². The molecule has 1 amide bonds. The van der Waals surface area contributed by atoms with Gasteiger partial charge in [-0.15, -0.1) is 0 Å². The van der Waals surface area contributed by atoms with E-state index in [-0.39, 0.29) is 24.7 Å². The van der Waals surface area contributed by atoms with Crippen molar-refractivity contribution in [2.75, 3.05) is 13.2 Å². The van der Waals surface area contributed by atoms with Crippen molar-refractivity contribution in [3.8, 4) is 11.8 Å². The van der Waals surface area contributed by atoms with Crippen LogP contribution in [0.25, 0.3) is 0 Å². The molecule has 10 heteroatoms. The van der Waals surface area contributed by atoms with Crippen LogP contribution in [0, 0.1) is 11.3 Å². The Morgan fingerprint density at radius 2 is 1.71 bits per heavy atom. The molecule has 42 heavy (non-hydrogen) atoms. The van der Waals surface area contributed by atoms with Crippen LogP contribution in [0.3, 0.4) is 0 Å². The number of Topliss-reactive ketones (excluding diaryl/α,β-unsaturated/α-hetero) is 1. The lowest BCUT2D eigenvalue weighted by Crippen LogP contribution is -2.41. The second-order valence-electron chi connectivity index (χ2n) is 9.62. The highest BCUT2D eigenvalue weighted by Gasteiger charge is 2.27. The summed E-state index contributed by atoms with van der Waals surface area (Å²) in [5.74, 6) is 0.0579. The van der Waals surface area contributed by atoms with Crippen LogP contribution < -0.4 is 15.8 Å². The second kappa shape index (κ2) is 15.7. The molecule has 0 saturated carbocycles. The Balaban J connectivity index is 1.36. The summed E-state index contributed by atoms with van der Waals surface area (Å²) in [5.41, 5.74) is 8.71. The molecule has 4 aromatic rings. The number of carbonyl (C=O) groups excluding carboxylic acids is 2. The fourth-order valence-corrected chi connectivity index (χ4v) is 4.25. The maximum Gasteiger partial charge on any atom is 0.408 e. The normalized spacial score (nSPS) is 11.3. The molecule has 1 unspecified atom stereocenters. The monoisotopic (exact) mass is 567 g/mol. The fraction of sp³-hybridized carbons (Fsp3) is 0.281. The van der Waals surface area contributed by atoms with E-state index in [1.807, 2.05) is 66.7 Å². The minimum absolute atomic E-state index is 0.0737. The van der Waals surface area contributed by atoms with Gasteiger partial charge in [-0.25, -0.2) is 4.79 Å². The van der Waals surface area contributed by atoms with Gasteiger partial charge in [0.2, 0.25) is 17.5 Å². The zero-order valence-corrected chi connectivity index (χ0v) is 23.2. The molecular formula is C32H33N5O5. The lowest BCUT2D eigenvalue weighted by molar-refractivity contribution is 0.0896. The topological polar surface area (TPSA) is 153 Å². The van der Waals surface area contributed by atoms with Gasteiger partial charge in [0.05, 0.1) is 24.6 Å². The number of benzene rings is 3. The van der Waals surface area contributed by atoms with Gasteiger partial charge in [0, 0.05) is 6.42 Å². The van der Waals surface area contributed by atoms with Gasteiger partial charge in [-0.1, -0.05) is 71.9 Å². The number of nitrogens with one attached hydrogen (secondary N) is 1. The Labute approximate surface area is 244 Å². The summed E-state index contributed by atoms with van der Waals surface area (Å²) in [6.07, 6.45) is 1.87. The Morgan fingerprint density at radius 1 is 0.976 bits per heavy atom. The molecule has 1 atom stereocenters. The van der Waals surface area contributed by atoms with Crippen molar-refractivity contribution in [1.29, 1.82) is 5.26 Å². The summed E-state index contributed by atoms with van der Waals surface area (Å²) in [4.78, 5) is 29.9. The van der Waals surface area contributed by atoms with Gasteiger partial charge in [-0.3, -0.25) is 4.79 Å². The van der Waals surface area contributed by atoms with E-state index < -0.39 is 17.9 Å². The number of nitrogens with zero attached hydrogens (tertiary/aromatic N) is 3. The highest BCUT2D eigenvalue weighted by Crippen LogP contribution is 2.21. The lowest BCUT2D eigenvalue weighted by atomic mass is 10.0. The molecule has 3 N–H and O–H groups in total. The Kier molecular flexibility index (Phi) is 11.2. The van der Waals surface area contributed by atoms with Crippen LogP contribution in [0.1, 0.15) is 58.0 Å². The van der Waals surface area contributed by atoms with Crippen LogP contribution in [-0.4, -0.2) is 41.2 Å². The van der Waals surface area contributed by atoms with Gasteiger partial charge in [0.1, 0.15) is 18.4 Å². The van der Waals surface area contributed by atoms with E-state index >= 15 is 0 Å². The molecule has 0 radical (unpaired) electrons. The van der Waals surface area contributed by atoms with Gasteiger partial charge in [0.25, 0.3) is 0 Å². The molecule has 3 aromatic carbocycles. The molecule has 0 spiro atoms. The molecule has 1 heterocycles. The summed E-state index contributed by atoms with van der Waals surface area (Å²) in [7, 11) is 0. The largest absolute Gasteiger partial charge is 0.492 e. The summed E-state index contributed by atoms with van der Waals surface area (Å²) in [6.45, 7) is 0.977. The van der Waals surface area contributed by atoms with E-state index in [9.17, 15) is 14.9 Å². The summed E-state index contributed by atoms with van der Waals surface area (Å²) >= 11 is 0. The highest BCUT2D eigenvalue weighted by molar-refractivity contribution is 5.98. The summed E-state index contributed by atoms with van der Waals surface area (Å²) in [6, 6.07) is 25.7. The first-order valence-electron chi connectivity index (χ1n) is 13.8. The molecule has 10 nitrogen and oxygen atoms in total. The number of hydrogen-bond donors (Lipinski definition) is 2. The number of ketones is 1. The van der Waals surface area contributed by atoms with Crippen molar-refractivity contribution in [2.24, 2.45) is 5.73 Å². The standard InChI is InChI=1S/C32H33N5O5/c33-17-8-7-13-27(35-32(39)41-22-24-11-5-2-6-12-24)30(38)31-36-29(42-37-31)20-25-14-15-28(26(19-25)21-34)40-18-16-23-9-3-1-4-10-23/h1-6,9-12,14-15,19,27H,7-8,13,16-18,20,22,33H2,(H,35,39). The van der Waals surface area contributed by atoms with E-state index in [0.717, 1.165) is 23.1 Å². The van der Waals surface area contributed by atoms with Crippen LogP contribution in [0.15, 0.2) is 83.4 Å². The number of nitrogens with two attached hydrogens (primary N) is 1. The number of ether oxygens (including phenoxy) is 2. The highest BCUT2D eigenvalue weighted by atomic mass is 16.5. The third-order valence-corrected chi connectivity index (χ3v) is 6.47. The predicted octanol–water partition coefficient (Wildman–Crippen LogP) is 4.76. The van der Waals surface area contributed by atoms with Gasteiger partial charge in [-0.05, 0) is 54.6 Å². The third-order valence-electron chi connectivity index (χ3n) is 6.47. The first-order chi connectivity index (χ1) is 20.6. The first-order valence-corrected chi connectivity index (χ1v) is 13.8. The number of unbranched alkanes of at least 4 members (excludes halogenated alkanes) is 1. The van der Waals surface area contributed by atoms with Crippen LogP contribution in [0.4, 0.5) is 4.79 Å². The molecular weight excluding hydrogens is 534 g/mol. The molecule has 0 bridgehead atoms. The average molecular weight is 568 g/mol. The smallest absolute Gasteiger partial charge is 0.408 e. The van der Waals surface area contributed by atoms with E-state index in [1.54, 1.807) is 12.1 Å². The van der Waals surface area contributed by atoms with Crippen LogP contribution in [0.5, 0.6) is 5.75 Å². The third kappa shape index (κ3) is 9.01. The Hall–Kier alpha value is -5.01. The quantitative estimate of drug-likeness (QED) is 0.153. The van der Waals surface area contributed by atoms with Crippen molar-refractivity contribution >= 4 is 11.9 Å². The van der Waals surface area contributed by atoms with Gasteiger partial charge >= 0.3 is 6.09 Å². The van der Waals surface area contributed by atoms with E-state index in [1.165, 1.54) is 0 Å². The number of amides is 1. The molecule has 0 aliphatic heterocycles. The van der Waals surface area contributed by atoms with E-state index in [4.69, 9.17) is 19.7 Å². The summed E-state index contributed by atoms with van der Waals surface area (Å²) < 4.78 is 16.5. The summed E-state index contributed by atoms with van der Waals surface area (Å²) in [5, 5.41) is 16.1. The van der Waals surface area contributed by atoms with Crippen molar-refractivity contribution in [1.82, 2.24) is 15.5 Å². The molecule has 0 saturated heterocycles. The fourth-order valence-electron chi connectivity index (χ4n) is 4.25. The molecule has 0 aliphatic rings. The van der Waals surface area contributed by atoms with Crippen LogP contribution >= 0.6 is 0 Å². The van der Waals surface area contributed by atoms with Crippen molar-refractivity contribution in [2.45, 2.75) is 44.8 Å². The van der Waals surface area contributed by atoms with Gasteiger partial charge < -0.3 is 25.0 Å². The minimum atomic E-state index is -0.900. The van der Waals surface area contributed by atoms with Crippen LogP contribution in [0.2, 0.25) is 0 Å². The lowest BCUT2D eigenvalue weighted by Gasteiger charge is -2.16. The van der Waals surface area contributed by atoms with Crippen molar-refractivity contribution in [3.05, 3.63) is 113 Å². The SMILES string of the molecule is N#Cc1cc(Cc2nc(C(=O)C(CCCCN)NC(=O)OCc3ccccc3)no2)ccc1OCCc1ccccc1. The predicted molar refractivity (Wildman–Crippen MR) is 155 cm³/mol. The maximum atomic E-state index is 13.2. The maximum absolute atomic E-state index is 13.2. The first kappa shape index (κ1) is 30.0. The molecule has 0 fully saturated rings. The Morgan fingerprint density at radius 3 is 2.43 bits per heavy atom. The molecule has 216 valence electrons. The Bertz CT molecular complexity index is 1480. The van der Waals surface area contributed by atoms with Crippen LogP contribution in [-0.2, 0) is 24.2 Å².